The van der Waals surface area contributed by atoms with Crippen molar-refractivity contribution in [1.29, 1.82) is 0 Å². The molecule has 1 atom stereocenters. The molecule has 2 rings (SSSR count). The summed E-state index contributed by atoms with van der Waals surface area (Å²) in [6.45, 7) is 8.74. The molecule has 0 aliphatic carbocycles. The molecule has 0 bridgehead atoms. The molecular weight excluding hydrogens is 292 g/mol. The smallest absolute Gasteiger partial charge is 0.0564 e. The molecular formula is C18H30N2OS. The van der Waals surface area contributed by atoms with Crippen LogP contribution < -0.4 is 5.32 Å². The summed E-state index contributed by atoms with van der Waals surface area (Å²) in [5.41, 5.74) is 1.41. The zero-order valence-corrected chi connectivity index (χ0v) is 14.7. The maximum atomic E-state index is 9.53. The van der Waals surface area contributed by atoms with E-state index in [4.69, 9.17) is 0 Å². The van der Waals surface area contributed by atoms with Crippen LogP contribution in [-0.2, 0) is 0 Å². The zero-order valence-electron chi connectivity index (χ0n) is 13.9. The predicted molar refractivity (Wildman–Crippen MR) is 95.6 cm³/mol. The Labute approximate surface area is 139 Å². The van der Waals surface area contributed by atoms with E-state index in [-0.39, 0.29) is 6.10 Å². The van der Waals surface area contributed by atoms with E-state index < -0.39 is 0 Å². The molecule has 0 aromatic heterocycles. The Kier molecular flexibility index (Phi) is 7.73. The summed E-state index contributed by atoms with van der Waals surface area (Å²) >= 11 is 1.92. The molecule has 0 radical (unpaired) electrons. The first-order valence-corrected chi connectivity index (χ1v) is 9.54. The summed E-state index contributed by atoms with van der Waals surface area (Å²) in [6.07, 6.45) is 2.97. The van der Waals surface area contributed by atoms with Gasteiger partial charge in [0.1, 0.15) is 0 Å². The molecule has 1 aromatic rings. The fourth-order valence-electron chi connectivity index (χ4n) is 3.00. The minimum Gasteiger partial charge on any atom is -0.393 e. The first-order valence-electron chi connectivity index (χ1n) is 8.56. The molecule has 1 aromatic carbocycles. The highest BCUT2D eigenvalue weighted by Gasteiger charge is 2.16. The van der Waals surface area contributed by atoms with Crippen LogP contribution in [0.15, 0.2) is 29.2 Å². The van der Waals surface area contributed by atoms with Gasteiger partial charge in [-0.1, -0.05) is 25.1 Å². The van der Waals surface area contributed by atoms with E-state index in [0.29, 0.717) is 6.04 Å². The average Bonchev–Trinajstić information content (AvgIpc) is 2.54. The highest BCUT2D eigenvalue weighted by atomic mass is 32.2. The van der Waals surface area contributed by atoms with Gasteiger partial charge < -0.3 is 15.3 Å². The minimum absolute atomic E-state index is 0.0676. The van der Waals surface area contributed by atoms with Gasteiger partial charge >= 0.3 is 0 Å². The van der Waals surface area contributed by atoms with Crippen molar-refractivity contribution in [3.8, 4) is 0 Å². The molecule has 124 valence electrons. The van der Waals surface area contributed by atoms with E-state index in [1.165, 1.54) is 16.9 Å². The molecule has 1 heterocycles. The number of benzene rings is 1. The number of piperidine rings is 1. The molecule has 3 nitrogen and oxygen atoms in total. The van der Waals surface area contributed by atoms with E-state index in [9.17, 15) is 5.11 Å². The van der Waals surface area contributed by atoms with Crippen LogP contribution in [-0.4, -0.2) is 48.0 Å². The summed E-state index contributed by atoms with van der Waals surface area (Å²) in [7, 11) is 0. The molecule has 0 saturated carbocycles. The van der Waals surface area contributed by atoms with Gasteiger partial charge in [0.2, 0.25) is 0 Å². The maximum Gasteiger partial charge on any atom is 0.0564 e. The Bertz CT molecular complexity index is 433. The van der Waals surface area contributed by atoms with Crippen LogP contribution in [0, 0.1) is 0 Å². The van der Waals surface area contributed by atoms with Crippen LogP contribution in [0.1, 0.15) is 44.7 Å². The van der Waals surface area contributed by atoms with Crippen molar-refractivity contribution in [2.24, 2.45) is 0 Å². The number of hydrogen-bond donors (Lipinski definition) is 2. The van der Waals surface area contributed by atoms with Gasteiger partial charge in [0.25, 0.3) is 0 Å². The lowest BCUT2D eigenvalue weighted by Crippen LogP contribution is -2.37. The van der Waals surface area contributed by atoms with Crippen LogP contribution in [0.5, 0.6) is 0 Å². The van der Waals surface area contributed by atoms with Crippen LogP contribution in [0.4, 0.5) is 0 Å². The molecule has 1 aliphatic heterocycles. The SMILES string of the molecule is CCSc1ccccc1C(C)NCCCN1CCC(O)CC1. The maximum absolute atomic E-state index is 9.53. The summed E-state index contributed by atoms with van der Waals surface area (Å²) < 4.78 is 0. The highest BCUT2D eigenvalue weighted by Crippen LogP contribution is 2.27. The number of likely N-dealkylation sites (tertiary alicyclic amines) is 1. The van der Waals surface area contributed by atoms with Crippen LogP contribution in [0.3, 0.4) is 0 Å². The molecule has 22 heavy (non-hydrogen) atoms. The fourth-order valence-corrected chi connectivity index (χ4v) is 3.90. The number of thioether (sulfide) groups is 1. The lowest BCUT2D eigenvalue weighted by molar-refractivity contribution is 0.0820. The standard InChI is InChI=1S/C18H30N2OS/c1-3-22-18-8-5-4-7-17(18)15(2)19-11-6-12-20-13-9-16(21)10-14-20/h4-5,7-8,15-16,19,21H,3,6,9-14H2,1-2H3. The second-order valence-corrected chi connectivity index (χ2v) is 7.38. The number of nitrogens with one attached hydrogen (secondary N) is 1. The summed E-state index contributed by atoms with van der Waals surface area (Å²) in [6, 6.07) is 9.12. The molecule has 0 amide bonds. The zero-order chi connectivity index (χ0) is 15.8. The van der Waals surface area contributed by atoms with Crippen molar-refractivity contribution in [2.45, 2.75) is 50.2 Å². The lowest BCUT2D eigenvalue weighted by atomic mass is 10.1. The Hall–Kier alpha value is -0.550. The normalized spacial score (nSPS) is 18.5. The predicted octanol–water partition coefficient (Wildman–Crippen LogP) is 3.30. The van der Waals surface area contributed by atoms with Gasteiger partial charge in [-0.05, 0) is 56.7 Å². The number of rotatable bonds is 8. The van der Waals surface area contributed by atoms with E-state index in [0.717, 1.165) is 44.8 Å². The van der Waals surface area contributed by atoms with E-state index in [1.54, 1.807) is 0 Å². The van der Waals surface area contributed by atoms with Gasteiger partial charge in [-0.2, -0.15) is 0 Å². The second-order valence-electron chi connectivity index (χ2n) is 6.07. The van der Waals surface area contributed by atoms with Gasteiger partial charge in [0, 0.05) is 24.0 Å². The summed E-state index contributed by atoms with van der Waals surface area (Å²) in [4.78, 5) is 3.87. The number of aliphatic hydroxyl groups excluding tert-OH is 1. The van der Waals surface area contributed by atoms with E-state index in [1.807, 2.05) is 11.8 Å². The van der Waals surface area contributed by atoms with Crippen molar-refractivity contribution >= 4 is 11.8 Å². The summed E-state index contributed by atoms with van der Waals surface area (Å²) in [5, 5.41) is 13.2. The summed E-state index contributed by atoms with van der Waals surface area (Å²) in [5.74, 6) is 1.12. The quantitative estimate of drug-likeness (QED) is 0.569. The average molecular weight is 323 g/mol. The third-order valence-corrected chi connectivity index (χ3v) is 5.32. The fraction of sp³-hybridized carbons (Fsp3) is 0.667. The van der Waals surface area contributed by atoms with Gasteiger partial charge in [-0.15, -0.1) is 11.8 Å². The molecule has 2 N–H and O–H groups in total. The van der Waals surface area contributed by atoms with Crippen LogP contribution >= 0.6 is 11.8 Å². The second kappa shape index (κ2) is 9.56. The topological polar surface area (TPSA) is 35.5 Å². The molecule has 1 aliphatic rings. The van der Waals surface area contributed by atoms with Crippen molar-refractivity contribution < 1.29 is 5.11 Å². The Morgan fingerprint density at radius 2 is 2.05 bits per heavy atom. The van der Waals surface area contributed by atoms with Gasteiger partial charge in [-0.25, -0.2) is 0 Å². The van der Waals surface area contributed by atoms with E-state index >= 15 is 0 Å². The van der Waals surface area contributed by atoms with Crippen molar-refractivity contribution in [2.75, 3.05) is 31.9 Å². The molecule has 0 spiro atoms. The van der Waals surface area contributed by atoms with E-state index in [2.05, 4.69) is 48.3 Å². The van der Waals surface area contributed by atoms with Gasteiger partial charge in [0.15, 0.2) is 0 Å². The molecule has 1 saturated heterocycles. The number of nitrogens with zero attached hydrogens (tertiary/aromatic N) is 1. The van der Waals surface area contributed by atoms with Crippen molar-refractivity contribution in [1.82, 2.24) is 10.2 Å². The monoisotopic (exact) mass is 322 g/mol. The third kappa shape index (κ3) is 5.58. The van der Waals surface area contributed by atoms with Gasteiger partial charge in [0.05, 0.1) is 6.10 Å². The van der Waals surface area contributed by atoms with Gasteiger partial charge in [-0.3, -0.25) is 0 Å². The molecule has 4 heteroatoms. The van der Waals surface area contributed by atoms with Crippen LogP contribution in [0.2, 0.25) is 0 Å². The number of hydrogen-bond acceptors (Lipinski definition) is 4. The molecule has 1 unspecified atom stereocenters. The number of aliphatic hydroxyl groups is 1. The Balaban J connectivity index is 1.70. The minimum atomic E-state index is -0.0676. The third-order valence-electron chi connectivity index (χ3n) is 4.34. The first-order chi connectivity index (χ1) is 10.7. The first kappa shape index (κ1) is 17.8. The van der Waals surface area contributed by atoms with Crippen molar-refractivity contribution in [3.05, 3.63) is 29.8 Å². The Morgan fingerprint density at radius 3 is 2.77 bits per heavy atom. The Morgan fingerprint density at radius 1 is 1.32 bits per heavy atom. The lowest BCUT2D eigenvalue weighted by Gasteiger charge is -2.29. The highest BCUT2D eigenvalue weighted by molar-refractivity contribution is 7.99. The largest absolute Gasteiger partial charge is 0.393 e. The molecule has 1 fully saturated rings. The van der Waals surface area contributed by atoms with Crippen LogP contribution in [0.25, 0.3) is 0 Å². The van der Waals surface area contributed by atoms with Crippen molar-refractivity contribution in [3.63, 3.8) is 0 Å².